The van der Waals surface area contributed by atoms with Gasteiger partial charge in [0, 0.05) is 23.8 Å². The normalized spacial score (nSPS) is 13.9. The van der Waals surface area contributed by atoms with Crippen LogP contribution in [0.1, 0.15) is 47.8 Å². The maximum atomic E-state index is 11.6. The zero-order valence-corrected chi connectivity index (χ0v) is 18.3. The number of rotatable bonds is 8. The Morgan fingerprint density at radius 2 is 2.00 bits per heavy atom. The van der Waals surface area contributed by atoms with Crippen LogP contribution in [0.4, 0.5) is 5.82 Å². The van der Waals surface area contributed by atoms with Gasteiger partial charge in [-0.25, -0.2) is 4.98 Å². The van der Waals surface area contributed by atoms with Crippen LogP contribution in [0.25, 0.3) is 10.9 Å². The molecule has 1 aliphatic heterocycles. The molecule has 0 unspecified atom stereocenters. The zero-order valence-electron chi connectivity index (χ0n) is 18.3. The van der Waals surface area contributed by atoms with Crippen LogP contribution in [0, 0.1) is 0 Å². The molecule has 3 aromatic heterocycles. The van der Waals surface area contributed by atoms with E-state index in [1.54, 1.807) is 12.4 Å². The van der Waals surface area contributed by atoms with E-state index in [2.05, 4.69) is 32.6 Å². The molecule has 8 nitrogen and oxygen atoms in total. The molecule has 8 heteroatoms. The number of anilines is 1. The van der Waals surface area contributed by atoms with Gasteiger partial charge in [-0.05, 0) is 61.4 Å². The second kappa shape index (κ2) is 9.36. The zero-order chi connectivity index (χ0) is 22.6. The fraction of sp³-hybridized carbons (Fsp3) is 0.320. The molecular formula is C25H26N6O2. The summed E-state index contributed by atoms with van der Waals surface area (Å²) < 4.78 is 0. The average Bonchev–Trinajstić information content (AvgIpc) is 3.30. The predicted octanol–water partition coefficient (Wildman–Crippen LogP) is 3.82. The number of hydrogen-bond acceptors (Lipinski definition) is 6. The largest absolute Gasteiger partial charge is 0.481 e. The summed E-state index contributed by atoms with van der Waals surface area (Å²) in [4.78, 5) is 22.3. The van der Waals surface area contributed by atoms with Crippen LogP contribution >= 0.6 is 0 Å². The van der Waals surface area contributed by atoms with E-state index in [0.29, 0.717) is 0 Å². The molecule has 4 heterocycles. The number of pyridine rings is 2. The Kier molecular flexibility index (Phi) is 5.97. The molecule has 0 aliphatic carbocycles. The van der Waals surface area contributed by atoms with E-state index in [9.17, 15) is 9.90 Å². The summed E-state index contributed by atoms with van der Waals surface area (Å²) in [7, 11) is 0. The minimum Gasteiger partial charge on any atom is -0.481 e. The molecule has 0 saturated carbocycles. The summed E-state index contributed by atoms with van der Waals surface area (Å²) in [5.74, 6) is 0.115. The van der Waals surface area contributed by atoms with Gasteiger partial charge in [-0.3, -0.25) is 9.78 Å². The van der Waals surface area contributed by atoms with Crippen LogP contribution in [0.2, 0.25) is 0 Å². The molecular weight excluding hydrogens is 416 g/mol. The Hall–Kier alpha value is -3.81. The predicted molar refractivity (Wildman–Crippen MR) is 125 cm³/mol. The molecule has 33 heavy (non-hydrogen) atoms. The van der Waals surface area contributed by atoms with E-state index in [0.717, 1.165) is 72.3 Å². The fourth-order valence-corrected chi connectivity index (χ4v) is 4.30. The van der Waals surface area contributed by atoms with Crippen molar-refractivity contribution in [1.29, 1.82) is 0 Å². The Balaban J connectivity index is 1.28. The van der Waals surface area contributed by atoms with Crippen LogP contribution in [0.5, 0.6) is 0 Å². The summed E-state index contributed by atoms with van der Waals surface area (Å²) >= 11 is 0. The van der Waals surface area contributed by atoms with Crippen molar-refractivity contribution in [2.24, 2.45) is 0 Å². The quantitative estimate of drug-likeness (QED) is 0.427. The molecule has 168 valence electrons. The molecule has 0 fully saturated rings. The van der Waals surface area contributed by atoms with E-state index < -0.39 is 12.0 Å². The number of carbonyl (C=O) groups is 1. The number of para-hydroxylation sites is 1. The van der Waals surface area contributed by atoms with Crippen molar-refractivity contribution in [2.45, 2.75) is 44.6 Å². The Morgan fingerprint density at radius 1 is 1.12 bits per heavy atom. The van der Waals surface area contributed by atoms with Crippen LogP contribution in [-0.4, -0.2) is 42.6 Å². The highest BCUT2D eigenvalue weighted by Gasteiger charge is 2.21. The van der Waals surface area contributed by atoms with Gasteiger partial charge in [0.1, 0.15) is 11.9 Å². The van der Waals surface area contributed by atoms with E-state index in [1.807, 2.05) is 30.3 Å². The number of nitrogens with zero attached hydrogens (tertiary/aromatic N) is 5. The highest BCUT2D eigenvalue weighted by atomic mass is 16.4. The lowest BCUT2D eigenvalue weighted by Gasteiger charge is -2.17. The van der Waals surface area contributed by atoms with Crippen LogP contribution in [-0.2, 0) is 24.1 Å². The number of nitrogens with one attached hydrogen (secondary N) is 1. The molecule has 0 radical (unpaired) electrons. The number of benzene rings is 1. The third kappa shape index (κ3) is 4.84. The smallest absolute Gasteiger partial charge is 0.305 e. The third-order valence-corrected chi connectivity index (χ3v) is 6.02. The summed E-state index contributed by atoms with van der Waals surface area (Å²) in [6.07, 6.45) is 8.08. The monoisotopic (exact) mass is 442 g/mol. The minimum absolute atomic E-state index is 0.111. The van der Waals surface area contributed by atoms with Crippen molar-refractivity contribution in [3.05, 3.63) is 77.4 Å². The summed E-state index contributed by atoms with van der Waals surface area (Å²) in [5.41, 5.74) is 4.86. The van der Waals surface area contributed by atoms with Gasteiger partial charge in [0.05, 0.1) is 23.8 Å². The number of aliphatic carboxylic acids is 1. The Labute approximate surface area is 191 Å². The second-order valence-corrected chi connectivity index (χ2v) is 8.43. The number of hydrogen-bond donors (Lipinski definition) is 2. The molecule has 0 saturated heterocycles. The van der Waals surface area contributed by atoms with Gasteiger partial charge in [0.15, 0.2) is 0 Å². The third-order valence-electron chi connectivity index (χ3n) is 6.02. The lowest BCUT2D eigenvalue weighted by molar-refractivity contribution is -0.137. The van der Waals surface area contributed by atoms with Gasteiger partial charge in [-0.15, -0.1) is 0 Å². The van der Waals surface area contributed by atoms with Crippen molar-refractivity contribution in [2.75, 3.05) is 11.9 Å². The van der Waals surface area contributed by atoms with Gasteiger partial charge in [0.25, 0.3) is 0 Å². The standard InChI is InChI=1S/C25H26N6O2/c32-24(33)14-23(19-13-18-5-1-2-9-22(18)27-15-19)31-28-16-21(30-31)8-3-7-20-11-10-17-6-4-12-26-25(17)29-20/h1-2,5,9-11,13,15-16,23H,3-4,6-8,12,14H2,(H,26,29)(H,32,33)/t23-/m0/s1. The molecule has 1 atom stereocenters. The second-order valence-electron chi connectivity index (χ2n) is 8.43. The van der Waals surface area contributed by atoms with Crippen LogP contribution in [0.3, 0.4) is 0 Å². The van der Waals surface area contributed by atoms with Crippen molar-refractivity contribution in [1.82, 2.24) is 25.0 Å². The van der Waals surface area contributed by atoms with E-state index in [1.165, 1.54) is 10.4 Å². The van der Waals surface area contributed by atoms with Crippen molar-refractivity contribution >= 4 is 22.7 Å². The van der Waals surface area contributed by atoms with E-state index >= 15 is 0 Å². The van der Waals surface area contributed by atoms with Gasteiger partial charge in [0.2, 0.25) is 0 Å². The molecule has 0 spiro atoms. The lowest BCUT2D eigenvalue weighted by Crippen LogP contribution is -2.18. The molecule has 5 rings (SSSR count). The summed E-state index contributed by atoms with van der Waals surface area (Å²) in [5, 5.41) is 22.8. The molecule has 0 amide bonds. The molecule has 1 aromatic carbocycles. The Morgan fingerprint density at radius 3 is 2.91 bits per heavy atom. The Bertz CT molecular complexity index is 1280. The minimum atomic E-state index is -0.904. The van der Waals surface area contributed by atoms with Gasteiger partial charge < -0.3 is 10.4 Å². The summed E-state index contributed by atoms with van der Waals surface area (Å²) in [6, 6.07) is 13.5. The highest BCUT2D eigenvalue weighted by Crippen LogP contribution is 2.24. The van der Waals surface area contributed by atoms with Crippen molar-refractivity contribution < 1.29 is 9.90 Å². The van der Waals surface area contributed by atoms with Crippen LogP contribution < -0.4 is 5.32 Å². The van der Waals surface area contributed by atoms with Crippen LogP contribution in [0.15, 0.2) is 54.9 Å². The summed E-state index contributed by atoms with van der Waals surface area (Å²) in [6.45, 7) is 0.983. The average molecular weight is 443 g/mol. The number of carboxylic acid groups (broad SMARTS) is 1. The number of aryl methyl sites for hydroxylation is 3. The van der Waals surface area contributed by atoms with E-state index in [4.69, 9.17) is 4.98 Å². The highest BCUT2D eigenvalue weighted by molar-refractivity contribution is 5.79. The molecule has 0 bridgehead atoms. The maximum absolute atomic E-state index is 11.6. The molecule has 1 aliphatic rings. The first-order chi connectivity index (χ1) is 16.2. The van der Waals surface area contributed by atoms with E-state index in [-0.39, 0.29) is 6.42 Å². The molecule has 4 aromatic rings. The SMILES string of the molecule is O=C(O)C[C@@H](c1cnc2ccccc2c1)n1ncc(CCCc2ccc3c(n2)NCCC3)n1. The van der Waals surface area contributed by atoms with Gasteiger partial charge >= 0.3 is 5.97 Å². The van der Waals surface area contributed by atoms with Gasteiger partial charge in [-0.2, -0.15) is 15.0 Å². The lowest BCUT2D eigenvalue weighted by atomic mass is 10.0. The number of fused-ring (bicyclic) bond motifs is 2. The molecule has 2 N–H and O–H groups in total. The number of aromatic nitrogens is 5. The number of carboxylic acids is 1. The first-order valence-electron chi connectivity index (χ1n) is 11.4. The fourth-order valence-electron chi connectivity index (χ4n) is 4.30. The topological polar surface area (TPSA) is 106 Å². The van der Waals surface area contributed by atoms with Crippen molar-refractivity contribution in [3.8, 4) is 0 Å². The van der Waals surface area contributed by atoms with Gasteiger partial charge in [-0.1, -0.05) is 24.3 Å². The maximum Gasteiger partial charge on any atom is 0.305 e. The first kappa shape index (κ1) is 21.1. The van der Waals surface area contributed by atoms with Crippen molar-refractivity contribution in [3.63, 3.8) is 0 Å². The first-order valence-corrected chi connectivity index (χ1v) is 11.4.